The molecule has 0 saturated heterocycles. The average molecular weight is 744 g/mol. The van der Waals surface area contributed by atoms with Gasteiger partial charge in [0.25, 0.3) is 0 Å². The normalized spacial score (nSPS) is 12.5. The summed E-state index contributed by atoms with van der Waals surface area (Å²) in [7, 11) is 0. The van der Waals surface area contributed by atoms with Crippen molar-refractivity contribution in [2.75, 3.05) is 0 Å². The summed E-state index contributed by atoms with van der Waals surface area (Å²) in [5.41, 5.74) is -4.86. The molecule has 0 radical (unpaired) electrons. The van der Waals surface area contributed by atoms with E-state index in [9.17, 15) is 62.3 Å². The van der Waals surface area contributed by atoms with Gasteiger partial charge in [-0.15, -0.1) is 0 Å². The van der Waals surface area contributed by atoms with Crippen molar-refractivity contribution in [3.05, 3.63) is 119 Å². The molecule has 0 aliphatic rings. The van der Waals surface area contributed by atoms with Gasteiger partial charge in [-0.1, -0.05) is 0 Å². The van der Waals surface area contributed by atoms with Crippen LogP contribution in [0, 0.1) is 0 Å². The zero-order valence-corrected chi connectivity index (χ0v) is 24.5. The molecule has 4 aromatic rings. The summed E-state index contributed by atoms with van der Waals surface area (Å²) in [6, 6.07) is 8.41. The van der Waals surface area contributed by atoms with E-state index in [4.69, 9.17) is 9.47 Å². The van der Waals surface area contributed by atoms with Crippen LogP contribution >= 0.6 is 0 Å². The number of carbonyl (C=O) groups is 2. The number of carbonyl (C=O) groups excluding carboxylic acids is 2. The maximum Gasteiger partial charge on any atom is 0.462 e. The minimum atomic E-state index is -4.89. The Bertz CT molecular complexity index is 1660. The summed E-state index contributed by atoms with van der Waals surface area (Å²) >= 11 is 0. The van der Waals surface area contributed by atoms with Crippen LogP contribution in [0.5, 0.6) is 23.0 Å². The van der Waals surface area contributed by atoms with E-state index in [2.05, 4.69) is 19.6 Å². The molecule has 0 spiro atoms. The summed E-state index contributed by atoms with van der Waals surface area (Å²) < 4.78 is 167. The van der Waals surface area contributed by atoms with Crippen LogP contribution in [0.3, 0.4) is 0 Å². The van der Waals surface area contributed by atoms with Crippen LogP contribution in [0.15, 0.2) is 97.1 Å². The van der Waals surface area contributed by atoms with Gasteiger partial charge in [-0.25, -0.2) is 19.4 Å². The molecule has 0 atom stereocenters. The van der Waals surface area contributed by atoms with Crippen molar-refractivity contribution in [3.8, 4) is 23.0 Å². The van der Waals surface area contributed by atoms with E-state index in [1.165, 1.54) is 0 Å². The number of halogens is 12. The lowest BCUT2D eigenvalue weighted by Gasteiger charge is -2.28. The Morgan fingerprint density at radius 2 is 0.569 bits per heavy atom. The monoisotopic (exact) mass is 744 g/mol. The average Bonchev–Trinajstić information content (AvgIpc) is 3.05. The maximum atomic E-state index is 13.5. The zero-order chi connectivity index (χ0) is 37.8. The Morgan fingerprint density at radius 1 is 0.353 bits per heavy atom. The summed E-state index contributed by atoms with van der Waals surface area (Å²) in [6.45, 7) is 0. The molecule has 51 heavy (non-hydrogen) atoms. The van der Waals surface area contributed by atoms with Gasteiger partial charge in [0.1, 0.15) is 11.5 Å². The fourth-order valence-electron chi connectivity index (χ4n) is 3.71. The van der Waals surface area contributed by atoms with Crippen molar-refractivity contribution in [2.24, 2.45) is 0 Å². The van der Waals surface area contributed by atoms with Crippen LogP contribution in [-0.2, 0) is 44.1 Å². The SMILES string of the molecule is O=C(OOc1ccc(C(F)(F)F)cc1)C(Oc1ccc(C(F)(F)F)cc1)(Oc1ccc(C(F)(F)F)cc1)C(=O)OOc1ccc(C(F)(F)F)cc1. The van der Waals surface area contributed by atoms with Gasteiger partial charge in [0.15, 0.2) is 11.5 Å². The second-order valence-corrected chi connectivity index (χ2v) is 9.82. The Hall–Kier alpha value is -5.82. The Kier molecular flexibility index (Phi) is 10.6. The number of hydrogen-bond acceptors (Lipinski definition) is 8. The van der Waals surface area contributed by atoms with E-state index in [1.807, 2.05) is 0 Å². The molecule has 4 rings (SSSR count). The predicted octanol–water partition coefficient (Wildman–Crippen LogP) is 8.99. The molecule has 0 aliphatic heterocycles. The fraction of sp³-hybridized carbons (Fsp3) is 0.161. The summed E-state index contributed by atoms with van der Waals surface area (Å²) in [6.07, 6.45) is -19.4. The molecule has 0 heterocycles. The second kappa shape index (κ2) is 14.2. The Morgan fingerprint density at radius 3 is 0.784 bits per heavy atom. The fourth-order valence-corrected chi connectivity index (χ4v) is 3.71. The van der Waals surface area contributed by atoms with Gasteiger partial charge >= 0.3 is 42.4 Å². The van der Waals surface area contributed by atoms with Crippen molar-refractivity contribution in [1.82, 2.24) is 0 Å². The Labute approximate surface area is 276 Å². The number of rotatable bonds is 10. The number of benzene rings is 4. The molecule has 20 heteroatoms. The lowest BCUT2D eigenvalue weighted by atomic mass is 10.2. The van der Waals surface area contributed by atoms with Crippen LogP contribution in [0.4, 0.5) is 52.7 Å². The van der Waals surface area contributed by atoms with E-state index >= 15 is 0 Å². The molecule has 272 valence electrons. The second-order valence-electron chi connectivity index (χ2n) is 9.82. The first kappa shape index (κ1) is 38.0. The highest BCUT2D eigenvalue weighted by Gasteiger charge is 2.59. The third-order valence-corrected chi connectivity index (χ3v) is 6.21. The molecule has 0 bridgehead atoms. The van der Waals surface area contributed by atoms with Gasteiger partial charge in [0.2, 0.25) is 0 Å². The summed E-state index contributed by atoms with van der Waals surface area (Å²) in [5, 5.41) is 0. The van der Waals surface area contributed by atoms with Crippen LogP contribution in [-0.4, -0.2) is 17.7 Å². The molecule has 0 saturated carbocycles. The molecule has 0 aromatic heterocycles. The predicted molar refractivity (Wildman–Crippen MR) is 143 cm³/mol. The number of ether oxygens (including phenoxy) is 2. The first-order valence-corrected chi connectivity index (χ1v) is 13.4. The van der Waals surface area contributed by atoms with Crippen LogP contribution < -0.4 is 19.2 Å². The minimum Gasteiger partial charge on any atom is -0.434 e. The molecule has 0 unspecified atom stereocenters. The van der Waals surface area contributed by atoms with Crippen molar-refractivity contribution in [1.29, 1.82) is 0 Å². The van der Waals surface area contributed by atoms with Crippen molar-refractivity contribution in [3.63, 3.8) is 0 Å². The van der Waals surface area contributed by atoms with Crippen molar-refractivity contribution >= 4 is 11.9 Å². The molecule has 4 aromatic carbocycles. The molecule has 0 fully saturated rings. The standard InChI is InChI=1S/C31H16F12O8/c32-28(33,34)17-1-9-21(10-2-17)46-27(47-22-11-3-18(4-12-22)29(35,36)37,25(44)50-48-23-13-5-19(6-14-23)30(38,39)40)26(45)51-49-24-15-7-20(8-16-24)31(41,42)43/h1-16H. The zero-order valence-electron chi connectivity index (χ0n) is 24.5. The first-order valence-electron chi connectivity index (χ1n) is 13.4. The van der Waals surface area contributed by atoms with E-state index in [-0.39, 0.29) is 0 Å². The molecule has 0 amide bonds. The topological polar surface area (TPSA) is 89.5 Å². The largest absolute Gasteiger partial charge is 0.462 e. The van der Waals surface area contributed by atoms with Crippen LogP contribution in [0.2, 0.25) is 0 Å². The molecular weight excluding hydrogens is 728 g/mol. The molecule has 8 nitrogen and oxygen atoms in total. The highest BCUT2D eigenvalue weighted by atomic mass is 19.4. The smallest absolute Gasteiger partial charge is 0.434 e. The number of alkyl halides is 12. The van der Waals surface area contributed by atoms with Crippen molar-refractivity contribution in [2.45, 2.75) is 30.5 Å². The van der Waals surface area contributed by atoms with Crippen molar-refractivity contribution < 1.29 is 91.3 Å². The van der Waals surface area contributed by atoms with E-state index in [0.29, 0.717) is 97.1 Å². The highest BCUT2D eigenvalue weighted by Crippen LogP contribution is 2.36. The van der Waals surface area contributed by atoms with Crippen LogP contribution in [0.25, 0.3) is 0 Å². The van der Waals surface area contributed by atoms with Gasteiger partial charge in [-0.05, 0) is 97.1 Å². The Balaban J connectivity index is 1.74. The van der Waals surface area contributed by atoms with Crippen LogP contribution in [0.1, 0.15) is 22.3 Å². The number of hydrogen-bond donors (Lipinski definition) is 0. The molecule has 0 N–H and O–H groups in total. The molecule has 0 aliphatic carbocycles. The van der Waals surface area contributed by atoms with Gasteiger partial charge in [-0.3, -0.25) is 9.78 Å². The van der Waals surface area contributed by atoms with Gasteiger partial charge in [0, 0.05) is 0 Å². The maximum absolute atomic E-state index is 13.5. The lowest BCUT2D eigenvalue weighted by Crippen LogP contribution is -2.58. The van der Waals surface area contributed by atoms with E-state index < -0.39 is 87.7 Å². The van der Waals surface area contributed by atoms with E-state index in [0.717, 1.165) is 0 Å². The summed E-state index contributed by atoms with van der Waals surface area (Å²) in [5.74, 6) is -10.9. The highest BCUT2D eigenvalue weighted by molar-refractivity contribution is 6.02. The van der Waals surface area contributed by atoms with Gasteiger partial charge < -0.3 is 9.47 Å². The minimum absolute atomic E-state index is 0.409. The van der Waals surface area contributed by atoms with Gasteiger partial charge in [-0.2, -0.15) is 52.7 Å². The third-order valence-electron chi connectivity index (χ3n) is 6.21. The van der Waals surface area contributed by atoms with Gasteiger partial charge in [0.05, 0.1) is 22.3 Å². The first-order chi connectivity index (χ1) is 23.6. The lowest BCUT2D eigenvalue weighted by molar-refractivity contribution is -0.273. The molecular formula is C31H16F12O8. The summed E-state index contributed by atoms with van der Waals surface area (Å²) in [4.78, 5) is 45.4. The quantitative estimate of drug-likeness (QED) is 0.0523. The third kappa shape index (κ3) is 9.67. The van der Waals surface area contributed by atoms with E-state index in [1.54, 1.807) is 0 Å².